The predicted octanol–water partition coefficient (Wildman–Crippen LogP) is 1.38. The number of ether oxygens (including phenoxy) is 3. The van der Waals surface area contributed by atoms with Crippen molar-refractivity contribution in [2.45, 2.75) is 50.4 Å². The van der Waals surface area contributed by atoms with E-state index in [2.05, 4.69) is 9.97 Å². The summed E-state index contributed by atoms with van der Waals surface area (Å²) in [4.78, 5) is 8.76. The summed E-state index contributed by atoms with van der Waals surface area (Å²) in [5, 5.41) is 9.14. The van der Waals surface area contributed by atoms with Crippen LogP contribution in [0.5, 0.6) is 0 Å². The molecule has 0 aromatic carbocycles. The lowest BCUT2D eigenvalue weighted by Gasteiger charge is -2.28. The molecule has 1 aromatic heterocycles. The summed E-state index contributed by atoms with van der Waals surface area (Å²) in [6.45, 7) is 1.61. The van der Waals surface area contributed by atoms with Gasteiger partial charge in [0.2, 0.25) is 0 Å². The van der Waals surface area contributed by atoms with Crippen molar-refractivity contribution in [2.24, 2.45) is 0 Å². The lowest BCUT2D eigenvalue weighted by Crippen LogP contribution is -2.27. The molecule has 1 saturated carbocycles. The summed E-state index contributed by atoms with van der Waals surface area (Å²) < 4.78 is 16.4. The Balaban J connectivity index is 1.45. The first-order valence-electron chi connectivity index (χ1n) is 7.59. The number of aliphatic hydroxyl groups is 1. The summed E-state index contributed by atoms with van der Waals surface area (Å²) in [6, 6.07) is 1.75. The van der Waals surface area contributed by atoms with Crippen LogP contribution in [0.2, 0.25) is 0 Å². The van der Waals surface area contributed by atoms with Crippen LogP contribution in [0, 0.1) is 0 Å². The maximum absolute atomic E-state index is 9.14. The molecular weight excluding hydrogens is 272 g/mol. The number of nitrogens with zero attached hydrogens (tertiary/aromatic N) is 2. The Morgan fingerprint density at radius 1 is 1.29 bits per heavy atom. The second kappa shape index (κ2) is 7.26. The van der Waals surface area contributed by atoms with Crippen LogP contribution in [0.15, 0.2) is 12.3 Å². The van der Waals surface area contributed by atoms with Crippen LogP contribution in [-0.4, -0.2) is 47.3 Å². The molecule has 1 aromatic rings. The number of aliphatic hydroxyl groups excluding tert-OH is 1. The van der Waals surface area contributed by atoms with Gasteiger partial charge in [0.15, 0.2) is 0 Å². The van der Waals surface area contributed by atoms with Crippen molar-refractivity contribution in [3.8, 4) is 0 Å². The van der Waals surface area contributed by atoms with E-state index in [-0.39, 0.29) is 12.7 Å². The maximum atomic E-state index is 9.14. The van der Waals surface area contributed by atoms with Crippen LogP contribution >= 0.6 is 0 Å². The van der Waals surface area contributed by atoms with Gasteiger partial charge in [0.05, 0.1) is 31.6 Å². The molecule has 2 heterocycles. The first kappa shape index (κ1) is 14.8. The minimum atomic E-state index is -0.0303. The van der Waals surface area contributed by atoms with Gasteiger partial charge in [-0.2, -0.15) is 0 Å². The van der Waals surface area contributed by atoms with E-state index in [0.29, 0.717) is 37.7 Å². The number of hydrogen-bond donors (Lipinski definition) is 1. The molecule has 0 amide bonds. The van der Waals surface area contributed by atoms with Gasteiger partial charge < -0.3 is 19.3 Å². The van der Waals surface area contributed by atoms with Gasteiger partial charge in [-0.1, -0.05) is 0 Å². The lowest BCUT2D eigenvalue weighted by molar-refractivity contribution is -0.0358. The van der Waals surface area contributed by atoms with Crippen molar-refractivity contribution in [1.29, 1.82) is 0 Å². The zero-order valence-electron chi connectivity index (χ0n) is 12.1. The summed E-state index contributed by atoms with van der Waals surface area (Å²) in [6.07, 6.45) is 6.21. The van der Waals surface area contributed by atoms with Gasteiger partial charge in [-0.15, -0.1) is 0 Å². The number of rotatable bonds is 5. The highest BCUT2D eigenvalue weighted by Crippen LogP contribution is 2.32. The van der Waals surface area contributed by atoms with E-state index in [0.717, 1.165) is 31.5 Å². The molecule has 1 aliphatic carbocycles. The van der Waals surface area contributed by atoms with Crippen molar-refractivity contribution >= 4 is 0 Å². The van der Waals surface area contributed by atoms with E-state index in [1.807, 2.05) is 0 Å². The second-order valence-electron chi connectivity index (χ2n) is 5.65. The summed E-state index contributed by atoms with van der Waals surface area (Å²) in [7, 11) is 0. The molecule has 3 rings (SSSR count). The van der Waals surface area contributed by atoms with E-state index in [4.69, 9.17) is 19.3 Å². The summed E-state index contributed by atoms with van der Waals surface area (Å²) >= 11 is 0. The van der Waals surface area contributed by atoms with Crippen molar-refractivity contribution in [2.75, 3.05) is 20.0 Å². The smallest absolute Gasteiger partial charge is 0.147 e. The van der Waals surface area contributed by atoms with Gasteiger partial charge in [-0.25, -0.2) is 9.97 Å². The van der Waals surface area contributed by atoms with Gasteiger partial charge in [0, 0.05) is 12.1 Å². The standard InChI is InChI=1S/C15H22N2O4/c18-7-12-5-6-16-15(17-12)11-1-3-13(4-2-11)20-9-14-8-19-10-21-14/h5-6,11,13-14,18H,1-4,7-10H2. The number of aromatic nitrogens is 2. The lowest BCUT2D eigenvalue weighted by atomic mass is 9.86. The normalized spacial score (nSPS) is 29.7. The molecule has 6 nitrogen and oxygen atoms in total. The highest BCUT2D eigenvalue weighted by atomic mass is 16.7. The van der Waals surface area contributed by atoms with E-state index < -0.39 is 0 Å². The third kappa shape index (κ3) is 3.97. The molecule has 0 bridgehead atoms. The van der Waals surface area contributed by atoms with E-state index in [1.165, 1.54) is 0 Å². The van der Waals surface area contributed by atoms with Crippen molar-refractivity contribution in [3.05, 3.63) is 23.8 Å². The highest BCUT2D eigenvalue weighted by Gasteiger charge is 2.26. The quantitative estimate of drug-likeness (QED) is 0.884. The van der Waals surface area contributed by atoms with Crippen LogP contribution in [0.25, 0.3) is 0 Å². The maximum Gasteiger partial charge on any atom is 0.147 e. The van der Waals surface area contributed by atoms with Gasteiger partial charge in [0.25, 0.3) is 0 Å². The molecular formula is C15H22N2O4. The predicted molar refractivity (Wildman–Crippen MR) is 74.6 cm³/mol. The van der Waals surface area contributed by atoms with Crippen LogP contribution in [0.1, 0.15) is 43.1 Å². The Hall–Kier alpha value is -1.08. The summed E-state index contributed by atoms with van der Waals surface area (Å²) in [5.74, 6) is 1.23. The first-order valence-corrected chi connectivity index (χ1v) is 7.59. The Morgan fingerprint density at radius 2 is 2.14 bits per heavy atom. The second-order valence-corrected chi connectivity index (χ2v) is 5.65. The van der Waals surface area contributed by atoms with E-state index in [9.17, 15) is 0 Å². The Bertz CT molecular complexity index is 443. The minimum absolute atomic E-state index is 0.0303. The van der Waals surface area contributed by atoms with E-state index in [1.54, 1.807) is 12.3 Å². The molecule has 0 spiro atoms. The largest absolute Gasteiger partial charge is 0.390 e. The van der Waals surface area contributed by atoms with Gasteiger partial charge in [-0.3, -0.25) is 0 Å². The summed E-state index contributed by atoms with van der Waals surface area (Å²) in [5.41, 5.74) is 0.691. The van der Waals surface area contributed by atoms with Gasteiger partial charge >= 0.3 is 0 Å². The third-order valence-electron chi connectivity index (χ3n) is 4.14. The molecule has 1 saturated heterocycles. The molecule has 0 radical (unpaired) electrons. The SMILES string of the molecule is OCc1ccnc(C2CCC(OCC3COCO3)CC2)n1. The fourth-order valence-electron chi connectivity index (χ4n) is 2.90. The molecule has 116 valence electrons. The average molecular weight is 294 g/mol. The molecule has 1 unspecified atom stereocenters. The fourth-order valence-corrected chi connectivity index (χ4v) is 2.90. The van der Waals surface area contributed by atoms with Crippen LogP contribution in [0.3, 0.4) is 0 Å². The average Bonchev–Trinajstić information content (AvgIpc) is 3.07. The molecule has 2 aliphatic rings. The van der Waals surface area contributed by atoms with Crippen LogP contribution in [-0.2, 0) is 20.8 Å². The molecule has 2 fully saturated rings. The van der Waals surface area contributed by atoms with Gasteiger partial charge in [-0.05, 0) is 31.7 Å². The molecule has 21 heavy (non-hydrogen) atoms. The zero-order valence-corrected chi connectivity index (χ0v) is 12.1. The Labute approximate surface area is 124 Å². The molecule has 1 N–H and O–H groups in total. The molecule has 1 aliphatic heterocycles. The van der Waals surface area contributed by atoms with Crippen molar-refractivity contribution in [3.63, 3.8) is 0 Å². The van der Waals surface area contributed by atoms with Crippen LogP contribution < -0.4 is 0 Å². The monoisotopic (exact) mass is 294 g/mol. The number of hydrogen-bond acceptors (Lipinski definition) is 6. The third-order valence-corrected chi connectivity index (χ3v) is 4.14. The minimum Gasteiger partial charge on any atom is -0.390 e. The van der Waals surface area contributed by atoms with Crippen molar-refractivity contribution in [1.82, 2.24) is 9.97 Å². The Kier molecular flexibility index (Phi) is 5.13. The fraction of sp³-hybridized carbons (Fsp3) is 0.733. The first-order chi connectivity index (χ1) is 10.3. The van der Waals surface area contributed by atoms with Crippen molar-refractivity contribution < 1.29 is 19.3 Å². The Morgan fingerprint density at radius 3 is 2.86 bits per heavy atom. The van der Waals surface area contributed by atoms with Crippen LogP contribution in [0.4, 0.5) is 0 Å². The molecule has 6 heteroatoms. The van der Waals surface area contributed by atoms with E-state index >= 15 is 0 Å². The zero-order chi connectivity index (χ0) is 14.5. The molecule has 1 atom stereocenters. The topological polar surface area (TPSA) is 73.7 Å². The highest BCUT2D eigenvalue weighted by molar-refractivity contribution is 5.05. The van der Waals surface area contributed by atoms with Gasteiger partial charge in [0.1, 0.15) is 18.7 Å².